The number of hydrogen-bond acceptors (Lipinski definition) is 5. The second kappa shape index (κ2) is 7.29. The molecule has 2 aliphatic heterocycles. The number of aromatic nitrogens is 3. The van der Waals surface area contributed by atoms with Crippen molar-refractivity contribution in [2.45, 2.75) is 32.6 Å². The van der Waals surface area contributed by atoms with Gasteiger partial charge in [0.15, 0.2) is 11.5 Å². The van der Waals surface area contributed by atoms with Crippen LogP contribution in [-0.4, -0.2) is 51.5 Å². The number of anilines is 1. The number of carbonyl (C=O) groups is 1. The van der Waals surface area contributed by atoms with Crippen LogP contribution in [0.3, 0.4) is 0 Å². The van der Waals surface area contributed by atoms with Gasteiger partial charge in [0.05, 0.1) is 5.92 Å². The molecule has 4 rings (SSSR count). The van der Waals surface area contributed by atoms with E-state index in [0.717, 1.165) is 45.3 Å². The van der Waals surface area contributed by atoms with E-state index < -0.39 is 0 Å². The van der Waals surface area contributed by atoms with E-state index >= 15 is 0 Å². The first kappa shape index (κ1) is 17.9. The van der Waals surface area contributed by atoms with Crippen molar-refractivity contribution < 1.29 is 4.79 Å². The lowest BCUT2D eigenvalue weighted by molar-refractivity contribution is -0.137. The first-order chi connectivity index (χ1) is 13.0. The number of aryl methyl sites for hydroxylation is 1. The molecule has 0 saturated carbocycles. The zero-order valence-corrected chi connectivity index (χ0v) is 16.1. The van der Waals surface area contributed by atoms with Gasteiger partial charge < -0.3 is 9.80 Å². The Morgan fingerprint density at radius 2 is 1.96 bits per heavy atom. The first-order valence-corrected chi connectivity index (χ1v) is 9.90. The summed E-state index contributed by atoms with van der Waals surface area (Å²) in [6.45, 7) is 5.30. The maximum Gasteiger partial charge on any atom is 0.294 e. The molecule has 0 N–H and O–H groups in total. The lowest BCUT2D eigenvalue weighted by Crippen LogP contribution is -2.48. The Balaban J connectivity index is 1.56. The summed E-state index contributed by atoms with van der Waals surface area (Å²) in [5.74, 6) is 1.33. The van der Waals surface area contributed by atoms with Crippen molar-refractivity contribution in [3.05, 3.63) is 28.7 Å². The second-order valence-corrected chi connectivity index (χ2v) is 7.94. The van der Waals surface area contributed by atoms with Gasteiger partial charge in [-0.05, 0) is 43.7 Å². The highest BCUT2D eigenvalue weighted by molar-refractivity contribution is 5.80. The number of likely N-dealkylation sites (tertiary alicyclic amines) is 1. The van der Waals surface area contributed by atoms with Crippen LogP contribution in [0.1, 0.15) is 32.6 Å². The molecule has 2 aromatic heterocycles. The normalized spacial score (nSPS) is 21.6. The summed E-state index contributed by atoms with van der Waals surface area (Å²) in [6.07, 6.45) is 5.62. The third kappa shape index (κ3) is 3.42. The SMILES string of the molecule is CC1CCN(C(=O)C2CCCN(c3nc4cccnc4n(C)c3=O)C2)CC1. The minimum atomic E-state index is -0.152. The van der Waals surface area contributed by atoms with Gasteiger partial charge in [-0.2, -0.15) is 0 Å². The molecular formula is C20H27N5O2. The summed E-state index contributed by atoms with van der Waals surface area (Å²) >= 11 is 0. The van der Waals surface area contributed by atoms with Crippen molar-refractivity contribution in [1.29, 1.82) is 0 Å². The molecule has 1 unspecified atom stereocenters. The maximum absolute atomic E-state index is 13.0. The number of hydrogen-bond donors (Lipinski definition) is 0. The third-order valence-corrected chi connectivity index (χ3v) is 5.97. The van der Waals surface area contributed by atoms with Crippen LogP contribution in [0.4, 0.5) is 5.82 Å². The molecule has 1 atom stereocenters. The molecule has 27 heavy (non-hydrogen) atoms. The average Bonchev–Trinajstić information content (AvgIpc) is 2.71. The standard InChI is InChI=1S/C20H27N5O2/c1-14-7-11-24(12-8-14)19(26)15-5-4-10-25(13-15)18-20(27)23(2)17-16(22-18)6-3-9-21-17/h3,6,9,14-15H,4-5,7-8,10-13H2,1-2H3. The molecule has 0 bridgehead atoms. The number of carbonyl (C=O) groups excluding carboxylic acids is 1. The molecule has 2 saturated heterocycles. The third-order valence-electron chi connectivity index (χ3n) is 5.97. The summed E-state index contributed by atoms with van der Waals surface area (Å²) in [4.78, 5) is 38.7. The zero-order chi connectivity index (χ0) is 19.0. The molecule has 2 fully saturated rings. The van der Waals surface area contributed by atoms with Crippen molar-refractivity contribution in [2.24, 2.45) is 18.9 Å². The van der Waals surface area contributed by atoms with E-state index in [1.807, 2.05) is 21.9 Å². The predicted octanol–water partition coefficient (Wildman–Crippen LogP) is 1.80. The van der Waals surface area contributed by atoms with Crippen LogP contribution in [0.5, 0.6) is 0 Å². The van der Waals surface area contributed by atoms with Crippen LogP contribution in [-0.2, 0) is 11.8 Å². The topological polar surface area (TPSA) is 71.3 Å². The molecule has 1 amide bonds. The van der Waals surface area contributed by atoms with Gasteiger partial charge in [0.1, 0.15) is 5.52 Å². The highest BCUT2D eigenvalue weighted by Crippen LogP contribution is 2.25. The Labute approximate surface area is 159 Å². The van der Waals surface area contributed by atoms with Gasteiger partial charge in [-0.15, -0.1) is 0 Å². The largest absolute Gasteiger partial charge is 0.351 e. The Bertz CT molecular complexity index is 901. The molecule has 0 aromatic carbocycles. The van der Waals surface area contributed by atoms with Crippen molar-refractivity contribution >= 4 is 22.9 Å². The zero-order valence-electron chi connectivity index (χ0n) is 16.1. The fourth-order valence-corrected chi connectivity index (χ4v) is 4.21. The van der Waals surface area contributed by atoms with Crippen molar-refractivity contribution in [2.75, 3.05) is 31.1 Å². The van der Waals surface area contributed by atoms with Gasteiger partial charge in [0, 0.05) is 39.4 Å². The Kier molecular flexibility index (Phi) is 4.85. The maximum atomic E-state index is 13.0. The van der Waals surface area contributed by atoms with Crippen molar-refractivity contribution in [3.63, 3.8) is 0 Å². The summed E-state index contributed by atoms with van der Waals surface area (Å²) in [5, 5.41) is 0. The smallest absolute Gasteiger partial charge is 0.294 e. The number of rotatable bonds is 2. The molecule has 7 heteroatoms. The highest BCUT2D eigenvalue weighted by atomic mass is 16.2. The molecule has 0 radical (unpaired) electrons. The van der Waals surface area contributed by atoms with E-state index in [4.69, 9.17) is 0 Å². The lowest BCUT2D eigenvalue weighted by Gasteiger charge is -2.37. The molecule has 7 nitrogen and oxygen atoms in total. The van der Waals surface area contributed by atoms with Gasteiger partial charge in [-0.25, -0.2) is 9.97 Å². The fourth-order valence-electron chi connectivity index (χ4n) is 4.21. The summed E-state index contributed by atoms with van der Waals surface area (Å²) in [7, 11) is 1.73. The van der Waals surface area contributed by atoms with Gasteiger partial charge in [0.2, 0.25) is 5.91 Å². The van der Waals surface area contributed by atoms with Crippen LogP contribution >= 0.6 is 0 Å². The average molecular weight is 369 g/mol. The van der Waals surface area contributed by atoms with Gasteiger partial charge in [-0.1, -0.05) is 6.92 Å². The number of amides is 1. The fraction of sp³-hybridized carbons (Fsp3) is 0.600. The second-order valence-electron chi connectivity index (χ2n) is 7.94. The van der Waals surface area contributed by atoms with E-state index in [-0.39, 0.29) is 17.4 Å². The Morgan fingerprint density at radius 3 is 2.74 bits per heavy atom. The summed E-state index contributed by atoms with van der Waals surface area (Å²) in [6, 6.07) is 3.69. The first-order valence-electron chi connectivity index (χ1n) is 9.90. The molecule has 0 aliphatic carbocycles. The van der Waals surface area contributed by atoms with Gasteiger partial charge >= 0.3 is 0 Å². The van der Waals surface area contributed by atoms with Crippen molar-refractivity contribution in [3.8, 4) is 0 Å². The summed E-state index contributed by atoms with van der Waals surface area (Å²) in [5.41, 5.74) is 1.13. The lowest BCUT2D eigenvalue weighted by atomic mass is 9.93. The predicted molar refractivity (Wildman–Crippen MR) is 105 cm³/mol. The minimum absolute atomic E-state index is 0.0525. The number of fused-ring (bicyclic) bond motifs is 1. The molecule has 144 valence electrons. The van der Waals surface area contributed by atoms with E-state index in [0.29, 0.717) is 29.4 Å². The van der Waals surface area contributed by atoms with Crippen LogP contribution in [0.25, 0.3) is 11.2 Å². The van der Waals surface area contributed by atoms with Crippen LogP contribution < -0.4 is 10.5 Å². The van der Waals surface area contributed by atoms with Crippen LogP contribution in [0, 0.1) is 11.8 Å². The molecule has 4 heterocycles. The Morgan fingerprint density at radius 1 is 1.19 bits per heavy atom. The number of nitrogens with zero attached hydrogens (tertiary/aromatic N) is 5. The highest BCUT2D eigenvalue weighted by Gasteiger charge is 2.32. The van der Waals surface area contributed by atoms with E-state index in [1.165, 1.54) is 0 Å². The minimum Gasteiger partial charge on any atom is -0.351 e. The van der Waals surface area contributed by atoms with Crippen LogP contribution in [0.15, 0.2) is 23.1 Å². The molecule has 2 aliphatic rings. The molecular weight excluding hydrogens is 342 g/mol. The van der Waals surface area contributed by atoms with E-state index in [9.17, 15) is 9.59 Å². The van der Waals surface area contributed by atoms with E-state index in [1.54, 1.807) is 17.8 Å². The van der Waals surface area contributed by atoms with Gasteiger partial charge in [0.25, 0.3) is 5.56 Å². The number of piperidine rings is 2. The van der Waals surface area contributed by atoms with Crippen molar-refractivity contribution in [1.82, 2.24) is 19.4 Å². The Hall–Kier alpha value is -2.44. The molecule has 2 aromatic rings. The molecule has 0 spiro atoms. The number of pyridine rings is 1. The summed E-state index contributed by atoms with van der Waals surface area (Å²) < 4.78 is 1.55. The van der Waals surface area contributed by atoms with Crippen LogP contribution in [0.2, 0.25) is 0 Å². The monoisotopic (exact) mass is 369 g/mol. The van der Waals surface area contributed by atoms with Gasteiger partial charge in [-0.3, -0.25) is 14.2 Å². The quantitative estimate of drug-likeness (QED) is 0.807. The van der Waals surface area contributed by atoms with E-state index in [2.05, 4.69) is 16.9 Å².